The number of hydrogen-bond acceptors (Lipinski definition) is 3. The van der Waals surface area contributed by atoms with E-state index in [4.69, 9.17) is 4.74 Å². The molecule has 0 bridgehead atoms. The highest BCUT2D eigenvalue weighted by Crippen LogP contribution is 2.17. The van der Waals surface area contributed by atoms with E-state index in [1.165, 1.54) is 11.1 Å². The van der Waals surface area contributed by atoms with E-state index in [0.717, 1.165) is 39.2 Å². The zero-order valence-corrected chi connectivity index (χ0v) is 13.1. The van der Waals surface area contributed by atoms with Crippen LogP contribution in [0.15, 0.2) is 24.3 Å². The molecule has 0 amide bonds. The number of likely N-dealkylation sites (N-methyl/N-ethyl adjacent to an activating group) is 1. The number of aryl methyl sites for hydroxylation is 1. The van der Waals surface area contributed by atoms with Crippen molar-refractivity contribution in [1.82, 2.24) is 10.2 Å². The molecule has 2 rings (SSSR count). The molecule has 20 heavy (non-hydrogen) atoms. The molecule has 0 saturated carbocycles. The minimum absolute atomic E-state index is 0.322. The number of hydrogen-bond donors (Lipinski definition) is 1. The largest absolute Gasteiger partial charge is 0.374 e. The van der Waals surface area contributed by atoms with Crippen molar-refractivity contribution in [3.8, 4) is 0 Å². The highest BCUT2D eigenvalue weighted by atomic mass is 16.5. The highest BCUT2D eigenvalue weighted by molar-refractivity contribution is 5.24. The SMILES string of the molecule is CCC(NCC1CN(CC)CCO1)c1ccc(C)cc1. The van der Waals surface area contributed by atoms with Crippen LogP contribution < -0.4 is 5.32 Å². The first-order valence-electron chi connectivity index (χ1n) is 7.86. The number of nitrogens with one attached hydrogen (secondary N) is 1. The fourth-order valence-electron chi connectivity index (χ4n) is 2.76. The van der Waals surface area contributed by atoms with Gasteiger partial charge in [-0.3, -0.25) is 4.90 Å². The van der Waals surface area contributed by atoms with E-state index in [9.17, 15) is 0 Å². The zero-order valence-electron chi connectivity index (χ0n) is 13.1. The molecule has 1 N–H and O–H groups in total. The van der Waals surface area contributed by atoms with Crippen LogP contribution in [0.25, 0.3) is 0 Å². The number of morpholine rings is 1. The van der Waals surface area contributed by atoms with E-state index in [0.29, 0.717) is 12.1 Å². The van der Waals surface area contributed by atoms with Crippen LogP contribution >= 0.6 is 0 Å². The molecule has 3 heteroatoms. The molecule has 1 heterocycles. The van der Waals surface area contributed by atoms with Crippen molar-refractivity contribution in [1.29, 1.82) is 0 Å². The fraction of sp³-hybridized carbons (Fsp3) is 0.647. The van der Waals surface area contributed by atoms with Crippen LogP contribution in [0.4, 0.5) is 0 Å². The number of rotatable bonds is 6. The molecular weight excluding hydrogens is 248 g/mol. The average molecular weight is 276 g/mol. The Morgan fingerprint density at radius 2 is 2.05 bits per heavy atom. The quantitative estimate of drug-likeness (QED) is 0.864. The summed E-state index contributed by atoms with van der Waals surface area (Å²) in [4.78, 5) is 2.46. The Morgan fingerprint density at radius 1 is 1.30 bits per heavy atom. The summed E-state index contributed by atoms with van der Waals surface area (Å²) in [5.41, 5.74) is 2.69. The molecular formula is C17H28N2O. The van der Waals surface area contributed by atoms with E-state index in [1.54, 1.807) is 0 Å². The smallest absolute Gasteiger partial charge is 0.0826 e. The summed E-state index contributed by atoms with van der Waals surface area (Å²) in [6.45, 7) is 11.6. The first-order chi connectivity index (χ1) is 9.72. The molecule has 0 aromatic heterocycles. The van der Waals surface area contributed by atoms with E-state index in [2.05, 4.69) is 55.3 Å². The van der Waals surface area contributed by atoms with E-state index in [-0.39, 0.29) is 0 Å². The maximum atomic E-state index is 5.86. The van der Waals surface area contributed by atoms with Gasteiger partial charge >= 0.3 is 0 Å². The summed E-state index contributed by atoms with van der Waals surface area (Å²) in [6.07, 6.45) is 1.43. The molecule has 1 saturated heterocycles. The molecule has 2 unspecified atom stereocenters. The van der Waals surface area contributed by atoms with Crippen molar-refractivity contribution in [2.45, 2.75) is 39.3 Å². The van der Waals surface area contributed by atoms with Crippen molar-refractivity contribution in [3.63, 3.8) is 0 Å². The maximum absolute atomic E-state index is 5.86. The van der Waals surface area contributed by atoms with Gasteiger partial charge in [0.15, 0.2) is 0 Å². The molecule has 2 atom stereocenters. The van der Waals surface area contributed by atoms with Crippen molar-refractivity contribution < 1.29 is 4.74 Å². The molecule has 0 aliphatic carbocycles. The van der Waals surface area contributed by atoms with Crippen molar-refractivity contribution in [2.75, 3.05) is 32.8 Å². The van der Waals surface area contributed by atoms with Crippen molar-refractivity contribution in [2.24, 2.45) is 0 Å². The Kier molecular flexibility index (Phi) is 6.02. The summed E-state index contributed by atoms with van der Waals surface area (Å²) < 4.78 is 5.86. The van der Waals surface area contributed by atoms with Gasteiger partial charge in [0.2, 0.25) is 0 Å². The van der Waals surface area contributed by atoms with Crippen LogP contribution in [0.5, 0.6) is 0 Å². The molecule has 0 radical (unpaired) electrons. The molecule has 3 nitrogen and oxygen atoms in total. The van der Waals surface area contributed by atoms with Crippen LogP contribution in [-0.4, -0.2) is 43.8 Å². The van der Waals surface area contributed by atoms with Gasteiger partial charge in [-0.25, -0.2) is 0 Å². The van der Waals surface area contributed by atoms with Crippen LogP contribution in [0.1, 0.15) is 37.4 Å². The fourth-order valence-corrected chi connectivity index (χ4v) is 2.76. The third-order valence-corrected chi connectivity index (χ3v) is 4.15. The Morgan fingerprint density at radius 3 is 2.70 bits per heavy atom. The minimum atomic E-state index is 0.322. The average Bonchev–Trinajstić information content (AvgIpc) is 2.50. The summed E-state index contributed by atoms with van der Waals surface area (Å²) >= 11 is 0. The third-order valence-electron chi connectivity index (χ3n) is 4.15. The van der Waals surface area contributed by atoms with Crippen molar-refractivity contribution >= 4 is 0 Å². The molecule has 1 aliphatic rings. The van der Waals surface area contributed by atoms with E-state index in [1.807, 2.05) is 0 Å². The molecule has 112 valence electrons. The van der Waals surface area contributed by atoms with Gasteiger partial charge < -0.3 is 10.1 Å². The number of nitrogens with zero attached hydrogens (tertiary/aromatic N) is 1. The molecule has 1 aromatic rings. The lowest BCUT2D eigenvalue weighted by Gasteiger charge is -2.33. The van der Waals surface area contributed by atoms with Gasteiger partial charge in [-0.15, -0.1) is 0 Å². The van der Waals surface area contributed by atoms with Crippen LogP contribution in [0, 0.1) is 6.92 Å². The zero-order chi connectivity index (χ0) is 14.4. The van der Waals surface area contributed by atoms with Gasteiger partial charge in [0.1, 0.15) is 0 Å². The van der Waals surface area contributed by atoms with Gasteiger partial charge in [-0.05, 0) is 25.5 Å². The van der Waals surface area contributed by atoms with Gasteiger partial charge in [0.25, 0.3) is 0 Å². The minimum Gasteiger partial charge on any atom is -0.374 e. The van der Waals surface area contributed by atoms with Gasteiger partial charge in [-0.2, -0.15) is 0 Å². The van der Waals surface area contributed by atoms with Crippen LogP contribution in [-0.2, 0) is 4.74 Å². The number of benzene rings is 1. The lowest BCUT2D eigenvalue weighted by molar-refractivity contribution is -0.0264. The Balaban J connectivity index is 1.85. The highest BCUT2D eigenvalue weighted by Gasteiger charge is 2.20. The van der Waals surface area contributed by atoms with E-state index < -0.39 is 0 Å². The predicted octanol–water partition coefficient (Wildman–Crippen LogP) is 2.76. The lowest BCUT2D eigenvalue weighted by atomic mass is 10.0. The molecule has 1 aliphatic heterocycles. The Labute approximate surface area is 123 Å². The maximum Gasteiger partial charge on any atom is 0.0826 e. The van der Waals surface area contributed by atoms with Crippen molar-refractivity contribution in [3.05, 3.63) is 35.4 Å². The summed E-state index contributed by atoms with van der Waals surface area (Å²) in [7, 11) is 0. The Hall–Kier alpha value is -0.900. The Bertz CT molecular complexity index is 390. The van der Waals surface area contributed by atoms with Gasteiger partial charge in [-0.1, -0.05) is 43.7 Å². The third kappa shape index (κ3) is 4.30. The predicted molar refractivity (Wildman–Crippen MR) is 84.1 cm³/mol. The lowest BCUT2D eigenvalue weighted by Crippen LogP contribution is -2.46. The second kappa shape index (κ2) is 7.77. The molecule has 1 aromatic carbocycles. The standard InChI is InChI=1S/C17H28N2O/c1-4-17(15-8-6-14(3)7-9-15)18-12-16-13-19(5-2)10-11-20-16/h6-9,16-18H,4-5,10-13H2,1-3H3. The van der Waals surface area contributed by atoms with Crippen LogP contribution in [0.3, 0.4) is 0 Å². The summed E-state index contributed by atoms with van der Waals surface area (Å²) in [5.74, 6) is 0. The normalized spacial score (nSPS) is 21.9. The second-order valence-corrected chi connectivity index (χ2v) is 5.67. The first kappa shape index (κ1) is 15.5. The topological polar surface area (TPSA) is 24.5 Å². The van der Waals surface area contributed by atoms with Crippen LogP contribution in [0.2, 0.25) is 0 Å². The summed E-state index contributed by atoms with van der Waals surface area (Å²) in [6, 6.07) is 9.27. The van der Waals surface area contributed by atoms with Gasteiger partial charge in [0, 0.05) is 25.7 Å². The second-order valence-electron chi connectivity index (χ2n) is 5.67. The monoisotopic (exact) mass is 276 g/mol. The summed E-state index contributed by atoms with van der Waals surface area (Å²) in [5, 5.41) is 3.67. The number of ether oxygens (including phenoxy) is 1. The molecule has 1 fully saturated rings. The van der Waals surface area contributed by atoms with Gasteiger partial charge in [0.05, 0.1) is 12.7 Å². The first-order valence-corrected chi connectivity index (χ1v) is 7.86. The van der Waals surface area contributed by atoms with E-state index >= 15 is 0 Å². The molecule has 0 spiro atoms.